The van der Waals surface area contributed by atoms with Crippen LogP contribution in [0.1, 0.15) is 31.0 Å². The van der Waals surface area contributed by atoms with Crippen molar-refractivity contribution in [2.24, 2.45) is 7.05 Å². The van der Waals surface area contributed by atoms with Crippen molar-refractivity contribution in [1.82, 2.24) is 34.5 Å². The lowest BCUT2D eigenvalue weighted by Crippen LogP contribution is -2.45. The van der Waals surface area contributed by atoms with Gasteiger partial charge in [-0.2, -0.15) is 0 Å². The van der Waals surface area contributed by atoms with Gasteiger partial charge < -0.3 is 19.4 Å². The number of carbonyl (C=O) groups is 1. The van der Waals surface area contributed by atoms with Gasteiger partial charge in [-0.1, -0.05) is 0 Å². The largest absolute Gasteiger partial charge is 0.338 e. The van der Waals surface area contributed by atoms with Gasteiger partial charge in [0.15, 0.2) is 0 Å². The van der Waals surface area contributed by atoms with E-state index in [0.717, 1.165) is 38.2 Å². The zero-order valence-corrected chi connectivity index (χ0v) is 13.4. The van der Waals surface area contributed by atoms with Crippen LogP contribution in [0.2, 0.25) is 0 Å². The van der Waals surface area contributed by atoms with Gasteiger partial charge >= 0.3 is 6.03 Å². The number of nitrogens with one attached hydrogen (secondary N) is 1. The summed E-state index contributed by atoms with van der Waals surface area (Å²) in [5.74, 6) is 1.23. The van der Waals surface area contributed by atoms with Gasteiger partial charge in [-0.15, -0.1) is 10.2 Å². The highest BCUT2D eigenvalue weighted by molar-refractivity contribution is 5.74. The van der Waals surface area contributed by atoms with E-state index in [-0.39, 0.29) is 11.9 Å². The number of hydrogen-bond acceptors (Lipinski definition) is 4. The molecule has 1 atom stereocenters. The maximum absolute atomic E-state index is 12.3. The van der Waals surface area contributed by atoms with Crippen LogP contribution in [0, 0.1) is 0 Å². The molecule has 0 unspecified atom stereocenters. The predicted octanol–water partition coefficient (Wildman–Crippen LogP) is 0.991. The summed E-state index contributed by atoms with van der Waals surface area (Å²) in [5.41, 5.74) is 0. The van der Waals surface area contributed by atoms with Crippen molar-refractivity contribution in [2.45, 2.75) is 31.7 Å². The van der Waals surface area contributed by atoms with Crippen LogP contribution in [0.25, 0.3) is 0 Å². The fourth-order valence-corrected chi connectivity index (χ4v) is 3.02. The number of piperidine rings is 1. The SMILES string of the molecule is Cn1cnnc1[C@H]1CCCN(C(=O)NCCCn2ccnc2)C1. The van der Waals surface area contributed by atoms with E-state index in [9.17, 15) is 4.79 Å². The fourth-order valence-electron chi connectivity index (χ4n) is 3.02. The molecule has 23 heavy (non-hydrogen) atoms. The first-order valence-electron chi connectivity index (χ1n) is 8.06. The van der Waals surface area contributed by atoms with Crippen LogP contribution in [0.4, 0.5) is 4.79 Å². The zero-order chi connectivity index (χ0) is 16.1. The van der Waals surface area contributed by atoms with Crippen LogP contribution in [0.3, 0.4) is 0 Å². The number of carbonyl (C=O) groups excluding carboxylic acids is 1. The van der Waals surface area contributed by atoms with Crippen molar-refractivity contribution in [3.05, 3.63) is 30.9 Å². The molecule has 1 aliphatic rings. The van der Waals surface area contributed by atoms with E-state index < -0.39 is 0 Å². The summed E-state index contributed by atoms with van der Waals surface area (Å²) in [6, 6.07) is 0.0162. The molecule has 1 saturated heterocycles. The van der Waals surface area contributed by atoms with E-state index in [1.165, 1.54) is 0 Å². The second-order valence-corrected chi connectivity index (χ2v) is 5.97. The number of amides is 2. The summed E-state index contributed by atoms with van der Waals surface area (Å²) < 4.78 is 3.95. The number of hydrogen-bond donors (Lipinski definition) is 1. The lowest BCUT2D eigenvalue weighted by Gasteiger charge is -2.32. The molecule has 1 aliphatic heterocycles. The summed E-state index contributed by atoms with van der Waals surface area (Å²) in [6.07, 6.45) is 10.1. The van der Waals surface area contributed by atoms with E-state index in [1.54, 1.807) is 18.9 Å². The number of rotatable bonds is 5. The molecule has 2 aromatic heterocycles. The number of likely N-dealkylation sites (tertiary alicyclic amines) is 1. The van der Waals surface area contributed by atoms with E-state index in [0.29, 0.717) is 13.1 Å². The topological polar surface area (TPSA) is 80.9 Å². The average molecular weight is 317 g/mol. The minimum Gasteiger partial charge on any atom is -0.338 e. The third-order valence-corrected chi connectivity index (χ3v) is 4.25. The van der Waals surface area contributed by atoms with Gasteiger partial charge in [0.05, 0.1) is 6.33 Å². The second-order valence-electron chi connectivity index (χ2n) is 5.97. The molecular weight excluding hydrogens is 294 g/mol. The van der Waals surface area contributed by atoms with Crippen LogP contribution >= 0.6 is 0 Å². The average Bonchev–Trinajstić information content (AvgIpc) is 3.23. The summed E-state index contributed by atoms with van der Waals surface area (Å²) >= 11 is 0. The Labute approximate surface area is 135 Å². The number of imidazole rings is 1. The summed E-state index contributed by atoms with van der Waals surface area (Å²) in [4.78, 5) is 18.2. The van der Waals surface area contributed by atoms with Gasteiger partial charge in [-0.3, -0.25) is 0 Å². The lowest BCUT2D eigenvalue weighted by atomic mass is 9.97. The van der Waals surface area contributed by atoms with Gasteiger partial charge in [-0.25, -0.2) is 9.78 Å². The molecule has 1 N–H and O–H groups in total. The first-order valence-corrected chi connectivity index (χ1v) is 8.06. The highest BCUT2D eigenvalue weighted by atomic mass is 16.2. The molecule has 8 heteroatoms. The highest BCUT2D eigenvalue weighted by Gasteiger charge is 2.27. The molecule has 3 heterocycles. The Bertz CT molecular complexity index is 622. The van der Waals surface area contributed by atoms with Crippen molar-refractivity contribution in [1.29, 1.82) is 0 Å². The quantitative estimate of drug-likeness (QED) is 0.834. The minimum atomic E-state index is 0.0162. The van der Waals surface area contributed by atoms with Crippen LogP contribution in [-0.4, -0.2) is 54.9 Å². The molecule has 124 valence electrons. The molecule has 2 aromatic rings. The van der Waals surface area contributed by atoms with Gasteiger partial charge in [0.1, 0.15) is 12.2 Å². The van der Waals surface area contributed by atoms with Crippen LogP contribution < -0.4 is 5.32 Å². The summed E-state index contributed by atoms with van der Waals surface area (Å²) in [5, 5.41) is 11.1. The first kappa shape index (κ1) is 15.5. The van der Waals surface area contributed by atoms with Gasteiger partial charge in [0.25, 0.3) is 0 Å². The Morgan fingerprint density at radius 1 is 1.43 bits per heavy atom. The van der Waals surface area contributed by atoms with Crippen molar-refractivity contribution in [3.8, 4) is 0 Å². The second kappa shape index (κ2) is 7.26. The number of aromatic nitrogens is 5. The van der Waals surface area contributed by atoms with E-state index in [4.69, 9.17) is 0 Å². The molecule has 2 amide bonds. The first-order chi connectivity index (χ1) is 11.2. The van der Waals surface area contributed by atoms with Crippen molar-refractivity contribution < 1.29 is 4.79 Å². The molecule has 0 aliphatic carbocycles. The van der Waals surface area contributed by atoms with Crippen molar-refractivity contribution >= 4 is 6.03 Å². The molecule has 0 bridgehead atoms. The molecular formula is C15H23N7O. The molecule has 0 spiro atoms. The molecule has 0 saturated carbocycles. The van der Waals surface area contributed by atoms with Gasteiger partial charge in [0.2, 0.25) is 0 Å². The molecule has 1 fully saturated rings. The molecule has 0 aromatic carbocycles. The standard InChI is InChI=1S/C15H23N7O/c1-20-12-18-19-14(20)13-4-2-8-22(10-13)15(23)17-5-3-7-21-9-6-16-11-21/h6,9,11-13H,2-5,7-8,10H2,1H3,(H,17,23)/t13-/m0/s1. The third kappa shape index (κ3) is 3.88. The Kier molecular flexibility index (Phi) is 4.89. The minimum absolute atomic E-state index is 0.0162. The Balaban J connectivity index is 1.44. The Morgan fingerprint density at radius 3 is 3.09 bits per heavy atom. The summed E-state index contributed by atoms with van der Waals surface area (Å²) in [7, 11) is 1.95. The molecule has 3 rings (SSSR count). The van der Waals surface area contributed by atoms with E-state index >= 15 is 0 Å². The Hall–Kier alpha value is -2.38. The highest BCUT2D eigenvalue weighted by Crippen LogP contribution is 2.24. The normalized spacial score (nSPS) is 18.1. The lowest BCUT2D eigenvalue weighted by molar-refractivity contribution is 0.177. The zero-order valence-electron chi connectivity index (χ0n) is 13.4. The summed E-state index contributed by atoms with van der Waals surface area (Å²) in [6.45, 7) is 3.05. The van der Waals surface area contributed by atoms with E-state index in [2.05, 4.69) is 20.5 Å². The maximum Gasteiger partial charge on any atom is 0.317 e. The number of nitrogens with zero attached hydrogens (tertiary/aromatic N) is 6. The van der Waals surface area contributed by atoms with Crippen molar-refractivity contribution in [2.75, 3.05) is 19.6 Å². The van der Waals surface area contributed by atoms with Crippen LogP contribution in [0.15, 0.2) is 25.0 Å². The van der Waals surface area contributed by atoms with E-state index in [1.807, 2.05) is 27.3 Å². The third-order valence-electron chi connectivity index (χ3n) is 4.25. The van der Waals surface area contributed by atoms with Gasteiger partial charge in [-0.05, 0) is 19.3 Å². The monoisotopic (exact) mass is 317 g/mol. The predicted molar refractivity (Wildman–Crippen MR) is 84.8 cm³/mol. The maximum atomic E-state index is 12.3. The smallest absolute Gasteiger partial charge is 0.317 e. The van der Waals surface area contributed by atoms with Crippen LogP contribution in [-0.2, 0) is 13.6 Å². The van der Waals surface area contributed by atoms with Crippen LogP contribution in [0.5, 0.6) is 0 Å². The number of aryl methyl sites for hydroxylation is 2. The molecule has 0 radical (unpaired) electrons. The Morgan fingerprint density at radius 2 is 2.35 bits per heavy atom. The van der Waals surface area contributed by atoms with Crippen molar-refractivity contribution in [3.63, 3.8) is 0 Å². The number of urea groups is 1. The molecule has 8 nitrogen and oxygen atoms in total. The van der Waals surface area contributed by atoms with Gasteiger partial charge in [0, 0.05) is 51.5 Å². The fraction of sp³-hybridized carbons (Fsp3) is 0.600.